The summed E-state index contributed by atoms with van der Waals surface area (Å²) < 4.78 is 27.7. The van der Waals surface area contributed by atoms with Crippen molar-refractivity contribution < 1.29 is 13.9 Å². The van der Waals surface area contributed by atoms with Crippen molar-refractivity contribution in [3.8, 4) is 5.75 Å². The first-order chi connectivity index (χ1) is 13.1. The first kappa shape index (κ1) is 16.5. The minimum Gasteiger partial charge on any atom is -0.507 e. The van der Waals surface area contributed by atoms with Gasteiger partial charge in [-0.25, -0.2) is 8.78 Å². The molecule has 140 valence electrons. The van der Waals surface area contributed by atoms with Gasteiger partial charge in [0.2, 0.25) is 0 Å². The molecule has 0 amide bonds. The minimum atomic E-state index is -0.394. The fourth-order valence-corrected chi connectivity index (χ4v) is 4.59. The first-order valence-electron chi connectivity index (χ1n) is 9.18. The molecular weight excluding hydrogens is 350 g/mol. The molecule has 3 atom stereocenters. The first-order valence-corrected chi connectivity index (χ1v) is 9.18. The number of piperazine rings is 1. The molecule has 2 N–H and O–H groups in total. The zero-order valence-corrected chi connectivity index (χ0v) is 14.6. The second-order valence-corrected chi connectivity index (χ2v) is 7.41. The molecule has 5 rings (SSSR count). The Kier molecular flexibility index (Phi) is 3.79. The lowest BCUT2D eigenvalue weighted by Gasteiger charge is -2.38. The third-order valence-electron chi connectivity index (χ3n) is 5.85. The minimum absolute atomic E-state index is 0.0143. The summed E-state index contributed by atoms with van der Waals surface area (Å²) in [5.74, 6) is -0.538. The number of anilines is 1. The monoisotopic (exact) mass is 370 g/mol. The lowest BCUT2D eigenvalue weighted by Crippen LogP contribution is -2.53. The number of benzene rings is 2. The largest absolute Gasteiger partial charge is 0.507 e. The standard InChI is InChI=1S/C20H20F2N4O/c21-12-5-6-19(27)15(7-12)17-9-20(24-23-17)26-11-13-8-14(26)10-25(13)18-4-2-1-3-16(18)22/h1-7,13-14,20,24,27H,8-11H2/t13-,14-,20?/m1/s1. The molecule has 0 saturated carbocycles. The molecule has 2 bridgehead atoms. The van der Waals surface area contributed by atoms with E-state index in [4.69, 9.17) is 0 Å². The van der Waals surface area contributed by atoms with Gasteiger partial charge in [-0.05, 0) is 36.8 Å². The van der Waals surface area contributed by atoms with Crippen LogP contribution < -0.4 is 10.3 Å². The van der Waals surface area contributed by atoms with E-state index < -0.39 is 5.82 Å². The van der Waals surface area contributed by atoms with Crippen molar-refractivity contribution in [3.05, 3.63) is 59.7 Å². The number of phenolic OH excluding ortho intramolecular Hbond substituents is 1. The molecule has 2 fully saturated rings. The second-order valence-electron chi connectivity index (χ2n) is 7.41. The van der Waals surface area contributed by atoms with Crippen LogP contribution in [0.15, 0.2) is 47.6 Å². The van der Waals surface area contributed by atoms with Crippen LogP contribution in [0.5, 0.6) is 5.75 Å². The maximum atomic E-state index is 14.1. The van der Waals surface area contributed by atoms with Crippen LogP contribution in [0.2, 0.25) is 0 Å². The smallest absolute Gasteiger partial charge is 0.146 e. The van der Waals surface area contributed by atoms with Crippen LogP contribution in [-0.2, 0) is 0 Å². The maximum absolute atomic E-state index is 14.1. The number of nitrogens with zero attached hydrogens (tertiary/aromatic N) is 3. The van der Waals surface area contributed by atoms with E-state index in [-0.39, 0.29) is 23.8 Å². The molecule has 2 aromatic carbocycles. The van der Waals surface area contributed by atoms with Crippen LogP contribution in [0, 0.1) is 11.6 Å². The van der Waals surface area contributed by atoms with E-state index in [0.717, 1.165) is 19.5 Å². The van der Waals surface area contributed by atoms with E-state index in [2.05, 4.69) is 20.3 Å². The molecule has 0 spiro atoms. The predicted octanol–water partition coefficient (Wildman–Crippen LogP) is 2.66. The third kappa shape index (κ3) is 2.73. The van der Waals surface area contributed by atoms with Gasteiger partial charge in [0, 0.05) is 37.2 Å². The summed E-state index contributed by atoms with van der Waals surface area (Å²) in [5, 5.41) is 14.3. The molecule has 3 aliphatic heterocycles. The van der Waals surface area contributed by atoms with Gasteiger partial charge >= 0.3 is 0 Å². The Balaban J connectivity index is 1.28. The van der Waals surface area contributed by atoms with Crippen molar-refractivity contribution in [3.63, 3.8) is 0 Å². The molecule has 7 heteroatoms. The van der Waals surface area contributed by atoms with Crippen molar-refractivity contribution in [1.82, 2.24) is 10.3 Å². The normalized spacial score (nSPS) is 27.1. The van der Waals surface area contributed by atoms with Crippen LogP contribution in [0.25, 0.3) is 0 Å². The number of phenols is 1. The Morgan fingerprint density at radius 1 is 1.07 bits per heavy atom. The van der Waals surface area contributed by atoms with Crippen LogP contribution in [0.4, 0.5) is 14.5 Å². The fraction of sp³-hybridized carbons (Fsp3) is 0.350. The van der Waals surface area contributed by atoms with Gasteiger partial charge in [-0.2, -0.15) is 5.10 Å². The summed E-state index contributed by atoms with van der Waals surface area (Å²) in [5.41, 5.74) is 4.90. The average Bonchev–Trinajstić information content (AvgIpc) is 3.39. The quantitative estimate of drug-likeness (QED) is 0.872. The van der Waals surface area contributed by atoms with Crippen molar-refractivity contribution in [2.75, 3.05) is 18.0 Å². The van der Waals surface area contributed by atoms with Crippen LogP contribution in [0.3, 0.4) is 0 Å². The highest BCUT2D eigenvalue weighted by atomic mass is 19.1. The summed E-state index contributed by atoms with van der Waals surface area (Å²) >= 11 is 0. The molecule has 0 aromatic heterocycles. The number of aromatic hydroxyl groups is 1. The Morgan fingerprint density at radius 2 is 1.93 bits per heavy atom. The number of nitrogens with one attached hydrogen (secondary N) is 1. The van der Waals surface area contributed by atoms with E-state index in [0.29, 0.717) is 29.4 Å². The van der Waals surface area contributed by atoms with Crippen LogP contribution in [-0.4, -0.2) is 47.1 Å². The average molecular weight is 370 g/mol. The van der Waals surface area contributed by atoms with E-state index in [9.17, 15) is 13.9 Å². The molecule has 0 aliphatic carbocycles. The van der Waals surface area contributed by atoms with Crippen molar-refractivity contribution in [2.24, 2.45) is 5.10 Å². The second kappa shape index (κ2) is 6.20. The molecule has 3 aliphatic rings. The van der Waals surface area contributed by atoms with E-state index in [1.54, 1.807) is 6.07 Å². The van der Waals surface area contributed by atoms with E-state index in [1.165, 1.54) is 24.3 Å². The fourth-order valence-electron chi connectivity index (χ4n) is 4.59. The molecule has 2 aromatic rings. The topological polar surface area (TPSA) is 51.1 Å². The van der Waals surface area contributed by atoms with E-state index in [1.807, 2.05) is 12.1 Å². The molecule has 27 heavy (non-hydrogen) atoms. The van der Waals surface area contributed by atoms with Gasteiger partial charge in [-0.3, -0.25) is 10.3 Å². The maximum Gasteiger partial charge on any atom is 0.146 e. The Bertz CT molecular complexity index is 919. The Hall–Kier alpha value is -2.67. The highest BCUT2D eigenvalue weighted by Crippen LogP contribution is 2.37. The van der Waals surface area contributed by atoms with Gasteiger partial charge in [0.1, 0.15) is 23.5 Å². The summed E-state index contributed by atoms with van der Waals surface area (Å²) in [6.45, 7) is 1.61. The number of hydrogen-bond acceptors (Lipinski definition) is 5. The lowest BCUT2D eigenvalue weighted by atomic mass is 10.0. The summed E-state index contributed by atoms with van der Waals surface area (Å²) in [6, 6.07) is 11.4. The van der Waals surface area contributed by atoms with Crippen LogP contribution in [0.1, 0.15) is 18.4 Å². The highest BCUT2D eigenvalue weighted by Gasteiger charge is 2.47. The van der Waals surface area contributed by atoms with Crippen molar-refractivity contribution >= 4 is 11.4 Å². The summed E-state index contributed by atoms with van der Waals surface area (Å²) in [6.07, 6.45) is 1.60. The van der Waals surface area contributed by atoms with Gasteiger partial charge in [0.15, 0.2) is 0 Å². The Morgan fingerprint density at radius 3 is 2.70 bits per heavy atom. The molecule has 0 radical (unpaired) electrons. The molecule has 3 heterocycles. The molecule has 5 nitrogen and oxygen atoms in total. The number of rotatable bonds is 3. The van der Waals surface area contributed by atoms with E-state index >= 15 is 0 Å². The number of likely N-dealkylation sites (tertiary alicyclic amines) is 1. The van der Waals surface area contributed by atoms with Gasteiger partial charge in [0.05, 0.1) is 11.4 Å². The zero-order chi connectivity index (χ0) is 18.5. The molecule has 2 saturated heterocycles. The molecule has 1 unspecified atom stereocenters. The predicted molar refractivity (Wildman–Crippen MR) is 98.8 cm³/mol. The third-order valence-corrected chi connectivity index (χ3v) is 5.85. The van der Waals surface area contributed by atoms with Gasteiger partial charge < -0.3 is 10.0 Å². The number of halogens is 2. The summed E-state index contributed by atoms with van der Waals surface area (Å²) in [7, 11) is 0. The van der Waals surface area contributed by atoms with Gasteiger partial charge in [-0.15, -0.1) is 0 Å². The number of para-hydroxylation sites is 1. The van der Waals surface area contributed by atoms with Crippen molar-refractivity contribution in [2.45, 2.75) is 31.1 Å². The Labute approximate surface area is 155 Å². The van der Waals surface area contributed by atoms with Crippen LogP contribution >= 0.6 is 0 Å². The molecular formula is C20H20F2N4O. The SMILES string of the molecule is Oc1ccc(F)cc1C1=NNC(N2C[C@H]3C[C@@H]2CN3c2ccccc2F)C1. The van der Waals surface area contributed by atoms with Crippen molar-refractivity contribution in [1.29, 1.82) is 0 Å². The number of hydrazone groups is 1. The number of hydrogen-bond donors (Lipinski definition) is 2. The van der Waals surface area contributed by atoms with Gasteiger partial charge in [-0.1, -0.05) is 12.1 Å². The highest BCUT2D eigenvalue weighted by molar-refractivity contribution is 6.03. The zero-order valence-electron chi connectivity index (χ0n) is 14.6. The number of fused-ring (bicyclic) bond motifs is 2. The van der Waals surface area contributed by atoms with Gasteiger partial charge in [0.25, 0.3) is 0 Å². The summed E-state index contributed by atoms with van der Waals surface area (Å²) in [4.78, 5) is 4.51. The lowest BCUT2D eigenvalue weighted by molar-refractivity contribution is 0.153.